The molecule has 0 spiro atoms. The maximum Gasteiger partial charge on any atom is 0.404 e. The third-order valence-corrected chi connectivity index (χ3v) is 2.40. The molecule has 2 nitrogen and oxygen atoms in total. The summed E-state index contributed by atoms with van der Waals surface area (Å²) in [7, 11) is 0. The van der Waals surface area contributed by atoms with Crippen molar-refractivity contribution in [1.82, 2.24) is 0 Å². The molecule has 70 valence electrons. The summed E-state index contributed by atoms with van der Waals surface area (Å²) < 4.78 is 35.9. The van der Waals surface area contributed by atoms with Crippen molar-refractivity contribution in [2.24, 2.45) is 0 Å². The summed E-state index contributed by atoms with van der Waals surface area (Å²) in [5.41, 5.74) is 0. The highest BCUT2D eigenvalue weighted by Crippen LogP contribution is 2.41. The molecule has 0 fully saturated rings. The van der Waals surface area contributed by atoms with E-state index < -0.39 is 11.9 Å². The molecule has 1 aromatic rings. The Morgan fingerprint density at radius 3 is 2.46 bits per heavy atom. The molecule has 1 heterocycles. The number of alkyl halides is 1. The van der Waals surface area contributed by atoms with Gasteiger partial charge in [-0.15, -0.1) is 0 Å². The van der Waals surface area contributed by atoms with E-state index in [0.717, 1.165) is 13.0 Å². The minimum Gasteiger partial charge on any atom is -0.423 e. The van der Waals surface area contributed by atoms with Gasteiger partial charge in [0.15, 0.2) is 11.5 Å². The van der Waals surface area contributed by atoms with Crippen LogP contribution in [0.1, 0.15) is 6.92 Å². The van der Waals surface area contributed by atoms with Gasteiger partial charge in [-0.25, -0.2) is 4.39 Å². The number of rotatable bonds is 0. The van der Waals surface area contributed by atoms with Crippen LogP contribution >= 0.6 is 22.6 Å². The second-order valence-electron chi connectivity index (χ2n) is 2.75. The number of benzene rings is 1. The molecule has 1 aliphatic heterocycles. The summed E-state index contributed by atoms with van der Waals surface area (Å²) in [6.45, 7) is 1.12. The van der Waals surface area contributed by atoms with E-state index in [1.165, 1.54) is 6.07 Å². The zero-order valence-electron chi connectivity index (χ0n) is 6.61. The molecule has 0 saturated heterocycles. The monoisotopic (exact) mass is 298 g/mol. The lowest BCUT2D eigenvalue weighted by Gasteiger charge is -2.10. The van der Waals surface area contributed by atoms with Crippen molar-refractivity contribution in [3.05, 3.63) is 21.5 Å². The first-order valence-electron chi connectivity index (χ1n) is 3.54. The molecule has 1 aliphatic rings. The zero-order chi connectivity index (χ0) is 9.64. The Labute approximate surface area is 87.0 Å². The van der Waals surface area contributed by atoms with Crippen LogP contribution in [0.3, 0.4) is 0 Å². The highest BCUT2D eigenvalue weighted by molar-refractivity contribution is 14.1. The SMILES string of the molecule is CC1(F)Oc2cc(F)c(I)cc2O1. The van der Waals surface area contributed by atoms with Crippen LogP contribution in [0.25, 0.3) is 0 Å². The van der Waals surface area contributed by atoms with Gasteiger partial charge in [0.25, 0.3) is 0 Å². The fourth-order valence-corrected chi connectivity index (χ4v) is 1.52. The Morgan fingerprint density at radius 2 is 1.85 bits per heavy atom. The lowest BCUT2D eigenvalue weighted by molar-refractivity contribution is -0.173. The first kappa shape index (κ1) is 8.98. The number of ether oxygens (including phenoxy) is 2. The van der Waals surface area contributed by atoms with Gasteiger partial charge in [0.2, 0.25) is 0 Å². The number of fused-ring (bicyclic) bond motifs is 1. The highest BCUT2D eigenvalue weighted by Gasteiger charge is 2.37. The van der Waals surface area contributed by atoms with Gasteiger partial charge in [-0.05, 0) is 22.6 Å². The van der Waals surface area contributed by atoms with Crippen LogP contribution in [0.4, 0.5) is 8.78 Å². The predicted molar refractivity (Wildman–Crippen MR) is 49.9 cm³/mol. The molecule has 1 aromatic carbocycles. The van der Waals surface area contributed by atoms with Gasteiger partial charge in [0.1, 0.15) is 5.82 Å². The Bertz CT molecular complexity index is 332. The Hall–Kier alpha value is -0.590. The molecule has 0 bridgehead atoms. The fraction of sp³-hybridized carbons (Fsp3) is 0.250. The predicted octanol–water partition coefficient (Wildman–Crippen LogP) is 2.84. The Kier molecular flexibility index (Phi) is 1.86. The number of hydrogen-bond donors (Lipinski definition) is 0. The molecule has 0 aromatic heterocycles. The van der Waals surface area contributed by atoms with Crippen LogP contribution in [0, 0.1) is 9.39 Å². The molecule has 0 saturated carbocycles. The Balaban J connectivity index is 2.48. The van der Waals surface area contributed by atoms with Gasteiger partial charge in [0, 0.05) is 19.1 Å². The number of hydrogen-bond acceptors (Lipinski definition) is 2. The van der Waals surface area contributed by atoms with Gasteiger partial charge in [-0.1, -0.05) is 0 Å². The maximum absolute atomic E-state index is 13.1. The summed E-state index contributed by atoms with van der Waals surface area (Å²) in [5, 5.41) is 0. The van der Waals surface area contributed by atoms with Crippen molar-refractivity contribution >= 4 is 22.6 Å². The smallest absolute Gasteiger partial charge is 0.404 e. The third kappa shape index (κ3) is 1.56. The molecular weight excluding hydrogens is 293 g/mol. The van der Waals surface area contributed by atoms with Gasteiger partial charge in [-0.2, -0.15) is 4.39 Å². The van der Waals surface area contributed by atoms with Crippen LogP contribution in [-0.4, -0.2) is 6.04 Å². The molecule has 13 heavy (non-hydrogen) atoms. The van der Waals surface area contributed by atoms with Gasteiger partial charge < -0.3 is 9.47 Å². The topological polar surface area (TPSA) is 18.5 Å². The van der Waals surface area contributed by atoms with E-state index in [1.54, 1.807) is 22.6 Å². The minimum atomic E-state index is -2.18. The third-order valence-electron chi connectivity index (χ3n) is 1.57. The molecule has 1 atom stereocenters. The molecule has 0 N–H and O–H groups in total. The van der Waals surface area contributed by atoms with Crippen molar-refractivity contribution in [3.8, 4) is 11.5 Å². The summed E-state index contributed by atoms with van der Waals surface area (Å²) >= 11 is 1.80. The van der Waals surface area contributed by atoms with Gasteiger partial charge >= 0.3 is 6.04 Å². The second kappa shape index (κ2) is 2.70. The summed E-state index contributed by atoms with van der Waals surface area (Å²) in [6.07, 6.45) is 0. The summed E-state index contributed by atoms with van der Waals surface area (Å²) in [6, 6.07) is 0.331. The van der Waals surface area contributed by atoms with E-state index in [1.807, 2.05) is 0 Å². The zero-order valence-corrected chi connectivity index (χ0v) is 8.76. The van der Waals surface area contributed by atoms with Gasteiger partial charge in [-0.3, -0.25) is 0 Å². The average molecular weight is 298 g/mol. The fourth-order valence-electron chi connectivity index (χ4n) is 1.08. The van der Waals surface area contributed by atoms with Crippen molar-refractivity contribution in [2.45, 2.75) is 13.0 Å². The largest absolute Gasteiger partial charge is 0.423 e. The molecule has 5 heteroatoms. The van der Waals surface area contributed by atoms with Gasteiger partial charge in [0.05, 0.1) is 3.57 Å². The average Bonchev–Trinajstić information content (AvgIpc) is 2.24. The molecule has 1 unspecified atom stereocenters. The van der Waals surface area contributed by atoms with Crippen molar-refractivity contribution < 1.29 is 18.3 Å². The van der Waals surface area contributed by atoms with Crippen molar-refractivity contribution in [2.75, 3.05) is 0 Å². The lowest BCUT2D eigenvalue weighted by atomic mass is 10.3. The molecule has 2 rings (SSSR count). The Morgan fingerprint density at radius 1 is 1.31 bits per heavy atom. The van der Waals surface area contributed by atoms with Crippen LogP contribution in [0.2, 0.25) is 0 Å². The van der Waals surface area contributed by atoms with E-state index in [2.05, 4.69) is 0 Å². The van der Waals surface area contributed by atoms with Crippen LogP contribution < -0.4 is 9.47 Å². The summed E-state index contributed by atoms with van der Waals surface area (Å²) in [5.74, 6) is -0.112. The first-order valence-corrected chi connectivity index (χ1v) is 4.62. The van der Waals surface area contributed by atoms with Crippen LogP contribution in [-0.2, 0) is 0 Å². The number of halogens is 3. The molecule has 0 aliphatic carbocycles. The van der Waals surface area contributed by atoms with E-state index in [0.29, 0.717) is 3.57 Å². The molecule has 0 radical (unpaired) electrons. The molecule has 0 amide bonds. The van der Waals surface area contributed by atoms with Crippen molar-refractivity contribution in [1.29, 1.82) is 0 Å². The minimum absolute atomic E-state index is 0.0999. The van der Waals surface area contributed by atoms with E-state index in [9.17, 15) is 8.78 Å². The second-order valence-corrected chi connectivity index (χ2v) is 3.91. The van der Waals surface area contributed by atoms with E-state index in [-0.39, 0.29) is 11.5 Å². The van der Waals surface area contributed by atoms with E-state index >= 15 is 0 Å². The van der Waals surface area contributed by atoms with Crippen LogP contribution in [0.5, 0.6) is 11.5 Å². The summed E-state index contributed by atoms with van der Waals surface area (Å²) in [4.78, 5) is 0. The highest BCUT2D eigenvalue weighted by atomic mass is 127. The van der Waals surface area contributed by atoms with E-state index in [4.69, 9.17) is 9.47 Å². The quantitative estimate of drug-likeness (QED) is 0.686. The first-order chi connectivity index (χ1) is 5.98. The normalized spacial score (nSPS) is 24.9. The van der Waals surface area contributed by atoms with Crippen molar-refractivity contribution in [3.63, 3.8) is 0 Å². The lowest BCUT2D eigenvalue weighted by Crippen LogP contribution is -2.27. The standard InChI is InChI=1S/C8H5F2IO2/c1-8(10)12-6-2-4(9)5(11)3-7(6)13-8/h2-3H,1H3. The maximum atomic E-state index is 13.1. The molecular formula is C8H5F2IO2. The van der Waals surface area contributed by atoms with Crippen LogP contribution in [0.15, 0.2) is 12.1 Å².